The Kier molecular flexibility index (Phi) is 4.05. The van der Waals surface area contributed by atoms with E-state index in [4.69, 9.17) is 10.5 Å². The van der Waals surface area contributed by atoms with Crippen molar-refractivity contribution in [2.45, 2.75) is 26.4 Å². The molecule has 0 unspecified atom stereocenters. The number of benzene rings is 1. The Morgan fingerprint density at radius 3 is 2.31 bits per heavy atom. The van der Waals surface area contributed by atoms with Gasteiger partial charge in [-0.3, -0.25) is 9.59 Å². The lowest BCUT2D eigenvalue weighted by Gasteiger charge is -2.11. The molecule has 16 heavy (non-hydrogen) atoms. The molecule has 0 aliphatic carbocycles. The summed E-state index contributed by atoms with van der Waals surface area (Å²) >= 11 is 0. The summed E-state index contributed by atoms with van der Waals surface area (Å²) in [6.07, 6.45) is -0.203. The highest BCUT2D eigenvalue weighted by Gasteiger charge is 2.10. The van der Waals surface area contributed by atoms with E-state index in [1.165, 1.54) is 0 Å². The number of carbonyl (C=O) groups is 2. The highest BCUT2D eigenvalue weighted by molar-refractivity contribution is 5.95. The predicted octanol–water partition coefficient (Wildman–Crippen LogP) is 1.53. The Morgan fingerprint density at radius 2 is 1.88 bits per heavy atom. The Bertz CT molecular complexity index is 384. The van der Waals surface area contributed by atoms with Crippen molar-refractivity contribution < 1.29 is 14.3 Å². The van der Waals surface area contributed by atoms with Crippen LogP contribution in [0.1, 0.15) is 30.6 Å². The molecule has 0 spiro atoms. The first-order valence-corrected chi connectivity index (χ1v) is 5.13. The second-order valence-corrected chi connectivity index (χ2v) is 3.46. The third-order valence-corrected chi connectivity index (χ3v) is 2.21. The SMILES string of the molecule is CCC(=O)c1ccc(O[C@@H](C)C(N)=O)cc1. The molecule has 0 radical (unpaired) electrons. The zero-order valence-electron chi connectivity index (χ0n) is 9.40. The van der Waals surface area contributed by atoms with E-state index in [0.29, 0.717) is 17.7 Å². The van der Waals surface area contributed by atoms with Crippen molar-refractivity contribution in [3.63, 3.8) is 0 Å². The number of carbonyl (C=O) groups excluding carboxylic acids is 2. The molecule has 0 aliphatic rings. The van der Waals surface area contributed by atoms with Gasteiger partial charge in [0.2, 0.25) is 0 Å². The summed E-state index contributed by atoms with van der Waals surface area (Å²) in [7, 11) is 0. The second-order valence-electron chi connectivity index (χ2n) is 3.46. The van der Waals surface area contributed by atoms with Crippen molar-refractivity contribution >= 4 is 11.7 Å². The smallest absolute Gasteiger partial charge is 0.258 e. The van der Waals surface area contributed by atoms with Crippen molar-refractivity contribution in [2.24, 2.45) is 5.73 Å². The fourth-order valence-corrected chi connectivity index (χ4v) is 1.19. The topological polar surface area (TPSA) is 69.4 Å². The number of Topliss-reactive ketones (excluding diaryl/α,β-unsaturated/α-hetero) is 1. The molecular formula is C12H15NO3. The number of hydrogen-bond acceptors (Lipinski definition) is 3. The Balaban J connectivity index is 2.72. The molecular weight excluding hydrogens is 206 g/mol. The van der Waals surface area contributed by atoms with Crippen LogP contribution < -0.4 is 10.5 Å². The fourth-order valence-electron chi connectivity index (χ4n) is 1.19. The minimum absolute atomic E-state index is 0.0782. The minimum atomic E-state index is -0.673. The van der Waals surface area contributed by atoms with Crippen molar-refractivity contribution in [1.29, 1.82) is 0 Å². The average molecular weight is 221 g/mol. The number of primary amides is 1. The van der Waals surface area contributed by atoms with Crippen LogP contribution >= 0.6 is 0 Å². The molecule has 2 N–H and O–H groups in total. The Hall–Kier alpha value is -1.84. The average Bonchev–Trinajstić information content (AvgIpc) is 2.28. The molecule has 0 aromatic heterocycles. The number of rotatable bonds is 5. The molecule has 4 heteroatoms. The van der Waals surface area contributed by atoms with E-state index in [0.717, 1.165) is 0 Å². The zero-order valence-corrected chi connectivity index (χ0v) is 9.40. The summed E-state index contributed by atoms with van der Waals surface area (Å²) in [5.74, 6) is 0.0853. The van der Waals surface area contributed by atoms with Crippen molar-refractivity contribution in [2.75, 3.05) is 0 Å². The van der Waals surface area contributed by atoms with Crippen LogP contribution in [0.15, 0.2) is 24.3 Å². The van der Waals surface area contributed by atoms with Crippen LogP contribution in [0, 0.1) is 0 Å². The van der Waals surface area contributed by atoms with Gasteiger partial charge in [0.1, 0.15) is 5.75 Å². The van der Waals surface area contributed by atoms with E-state index in [9.17, 15) is 9.59 Å². The molecule has 4 nitrogen and oxygen atoms in total. The summed E-state index contributed by atoms with van der Waals surface area (Å²) < 4.78 is 5.26. The summed E-state index contributed by atoms with van der Waals surface area (Å²) in [4.78, 5) is 22.1. The van der Waals surface area contributed by atoms with Crippen molar-refractivity contribution in [3.8, 4) is 5.75 Å². The first-order chi connectivity index (χ1) is 7.54. The van der Waals surface area contributed by atoms with Crippen LogP contribution in [0.3, 0.4) is 0 Å². The highest BCUT2D eigenvalue weighted by atomic mass is 16.5. The molecule has 1 aromatic rings. The number of ketones is 1. The second kappa shape index (κ2) is 5.30. The molecule has 0 saturated heterocycles. The van der Waals surface area contributed by atoms with Gasteiger partial charge in [0.15, 0.2) is 11.9 Å². The van der Waals surface area contributed by atoms with Gasteiger partial charge in [-0.1, -0.05) is 6.92 Å². The zero-order chi connectivity index (χ0) is 12.1. The van der Waals surface area contributed by atoms with Crippen LogP contribution in [-0.2, 0) is 4.79 Å². The molecule has 0 fully saturated rings. The van der Waals surface area contributed by atoms with Crippen molar-refractivity contribution in [1.82, 2.24) is 0 Å². The Morgan fingerprint density at radius 1 is 1.31 bits per heavy atom. The van der Waals surface area contributed by atoms with Gasteiger partial charge in [-0.25, -0.2) is 0 Å². The van der Waals surface area contributed by atoms with Crippen LogP contribution in [0.5, 0.6) is 5.75 Å². The van der Waals surface area contributed by atoms with Gasteiger partial charge in [0.05, 0.1) is 0 Å². The maximum absolute atomic E-state index is 11.3. The minimum Gasteiger partial charge on any atom is -0.481 e. The van der Waals surface area contributed by atoms with E-state index in [1.807, 2.05) is 6.92 Å². The van der Waals surface area contributed by atoms with Gasteiger partial charge < -0.3 is 10.5 Å². The fraction of sp³-hybridized carbons (Fsp3) is 0.333. The van der Waals surface area contributed by atoms with E-state index in [1.54, 1.807) is 31.2 Å². The van der Waals surface area contributed by atoms with E-state index >= 15 is 0 Å². The van der Waals surface area contributed by atoms with E-state index < -0.39 is 12.0 Å². The van der Waals surface area contributed by atoms with E-state index in [2.05, 4.69) is 0 Å². The van der Waals surface area contributed by atoms with Crippen LogP contribution in [0.4, 0.5) is 0 Å². The summed E-state index contributed by atoms with van der Waals surface area (Å²) in [5.41, 5.74) is 5.71. The molecule has 0 bridgehead atoms. The standard InChI is InChI=1S/C12H15NO3/c1-3-11(14)9-4-6-10(7-5-9)16-8(2)12(13)15/h4-8H,3H2,1-2H3,(H2,13,15)/t8-/m0/s1. The van der Waals surface area contributed by atoms with Gasteiger partial charge in [-0.15, -0.1) is 0 Å². The van der Waals surface area contributed by atoms with Gasteiger partial charge in [0.25, 0.3) is 5.91 Å². The lowest BCUT2D eigenvalue weighted by Crippen LogP contribution is -2.30. The largest absolute Gasteiger partial charge is 0.481 e. The monoisotopic (exact) mass is 221 g/mol. The van der Waals surface area contributed by atoms with Gasteiger partial charge >= 0.3 is 0 Å². The lowest BCUT2D eigenvalue weighted by molar-refractivity contribution is -0.123. The maximum atomic E-state index is 11.3. The molecule has 86 valence electrons. The number of ether oxygens (including phenoxy) is 1. The number of amides is 1. The molecule has 0 saturated carbocycles. The highest BCUT2D eigenvalue weighted by Crippen LogP contribution is 2.14. The van der Waals surface area contributed by atoms with Gasteiger partial charge in [-0.05, 0) is 31.2 Å². The number of nitrogens with two attached hydrogens (primary N) is 1. The molecule has 1 amide bonds. The van der Waals surface area contributed by atoms with Crippen LogP contribution in [0.25, 0.3) is 0 Å². The molecule has 1 aromatic carbocycles. The summed E-state index contributed by atoms with van der Waals surface area (Å²) in [6, 6.07) is 6.66. The maximum Gasteiger partial charge on any atom is 0.258 e. The Labute approximate surface area is 94.4 Å². The van der Waals surface area contributed by atoms with Crippen LogP contribution in [0.2, 0.25) is 0 Å². The summed E-state index contributed by atoms with van der Waals surface area (Å²) in [6.45, 7) is 3.38. The van der Waals surface area contributed by atoms with Crippen molar-refractivity contribution in [3.05, 3.63) is 29.8 Å². The quantitative estimate of drug-likeness (QED) is 0.766. The predicted molar refractivity (Wildman–Crippen MR) is 60.3 cm³/mol. The van der Waals surface area contributed by atoms with E-state index in [-0.39, 0.29) is 5.78 Å². The first-order valence-electron chi connectivity index (χ1n) is 5.13. The lowest BCUT2D eigenvalue weighted by atomic mass is 10.1. The normalized spacial score (nSPS) is 11.9. The third kappa shape index (κ3) is 3.08. The van der Waals surface area contributed by atoms with Crippen LogP contribution in [-0.4, -0.2) is 17.8 Å². The molecule has 0 aliphatic heterocycles. The van der Waals surface area contributed by atoms with Gasteiger partial charge in [-0.2, -0.15) is 0 Å². The van der Waals surface area contributed by atoms with Gasteiger partial charge in [0, 0.05) is 12.0 Å². The molecule has 0 heterocycles. The molecule has 1 rings (SSSR count). The first kappa shape index (κ1) is 12.2. The summed E-state index contributed by atoms with van der Waals surface area (Å²) in [5, 5.41) is 0. The number of hydrogen-bond donors (Lipinski definition) is 1. The third-order valence-electron chi connectivity index (χ3n) is 2.21. The molecule has 1 atom stereocenters.